The lowest BCUT2D eigenvalue weighted by molar-refractivity contribution is 0.0346. The predicted molar refractivity (Wildman–Crippen MR) is 147 cm³/mol. The average Bonchev–Trinajstić information content (AvgIpc) is 2.91. The van der Waals surface area contributed by atoms with Crippen LogP contribution in [-0.2, 0) is 14.2 Å². The van der Waals surface area contributed by atoms with Gasteiger partial charge in [-0.1, -0.05) is 45.4 Å². The van der Waals surface area contributed by atoms with Crippen LogP contribution in [0, 0.1) is 0 Å². The van der Waals surface area contributed by atoms with Crippen molar-refractivity contribution in [1.29, 1.82) is 0 Å². The molecule has 0 N–H and O–H groups in total. The first-order valence-electron chi connectivity index (χ1n) is 14.0. The van der Waals surface area contributed by atoms with E-state index in [1.54, 1.807) is 0 Å². The van der Waals surface area contributed by atoms with E-state index in [-0.39, 0.29) is 0 Å². The molecule has 0 unspecified atom stereocenters. The van der Waals surface area contributed by atoms with E-state index in [2.05, 4.69) is 37.8 Å². The maximum absolute atomic E-state index is 6.25. The van der Waals surface area contributed by atoms with E-state index < -0.39 is 0 Å². The van der Waals surface area contributed by atoms with Crippen molar-refractivity contribution in [3.8, 4) is 11.5 Å². The van der Waals surface area contributed by atoms with Gasteiger partial charge in [0.15, 0.2) is 11.5 Å². The van der Waals surface area contributed by atoms with Gasteiger partial charge >= 0.3 is 0 Å². The highest BCUT2D eigenvalue weighted by molar-refractivity contribution is 5.39. The molecular weight excluding hydrogens is 454 g/mol. The number of allylic oxidation sites excluding steroid dienone is 3. The molecule has 1 aromatic carbocycles. The topological polar surface area (TPSA) is 49.4 Å². The minimum atomic E-state index is 0.580. The average molecular weight is 504 g/mol. The van der Waals surface area contributed by atoms with Crippen LogP contribution < -0.4 is 9.47 Å². The van der Waals surface area contributed by atoms with Crippen LogP contribution in [0.3, 0.4) is 0 Å². The summed E-state index contributed by atoms with van der Waals surface area (Å²) in [7, 11) is 0. The van der Waals surface area contributed by atoms with Crippen LogP contribution in [0.25, 0.3) is 0 Å². The molecule has 1 aliphatic carbocycles. The Bertz CT molecular complexity index is 749. The lowest BCUT2D eigenvalue weighted by Gasteiger charge is -2.24. The predicted octanol–water partition coefficient (Wildman–Crippen LogP) is 6.41. The molecule has 0 fully saturated rings. The molecule has 6 nitrogen and oxygen atoms in total. The van der Waals surface area contributed by atoms with Crippen molar-refractivity contribution >= 4 is 0 Å². The number of para-hydroxylation sites is 2. The van der Waals surface area contributed by atoms with Gasteiger partial charge in [0, 0.05) is 26.2 Å². The van der Waals surface area contributed by atoms with E-state index in [0.29, 0.717) is 39.6 Å². The van der Waals surface area contributed by atoms with Gasteiger partial charge in [-0.3, -0.25) is 4.90 Å². The highest BCUT2D eigenvalue weighted by Gasteiger charge is 2.12. The second-order valence-electron chi connectivity index (χ2n) is 9.04. The van der Waals surface area contributed by atoms with Crippen molar-refractivity contribution in [2.75, 3.05) is 65.9 Å². The molecule has 204 valence electrons. The number of nitrogens with zero attached hydrogens (tertiary/aromatic N) is 1. The number of ether oxygens (including phenoxy) is 5. The van der Waals surface area contributed by atoms with Crippen molar-refractivity contribution in [3.63, 3.8) is 0 Å². The Morgan fingerprint density at radius 1 is 0.639 bits per heavy atom. The maximum atomic E-state index is 6.25. The van der Waals surface area contributed by atoms with Gasteiger partial charge in [0.1, 0.15) is 19.0 Å². The Labute approximate surface area is 219 Å². The fourth-order valence-electron chi connectivity index (χ4n) is 3.91. The van der Waals surface area contributed by atoms with Gasteiger partial charge in [-0.2, -0.15) is 0 Å². The molecule has 1 aliphatic rings. The summed E-state index contributed by atoms with van der Waals surface area (Å²) in [6.07, 6.45) is 12.3. The molecule has 0 spiro atoms. The van der Waals surface area contributed by atoms with E-state index in [1.165, 1.54) is 18.4 Å². The van der Waals surface area contributed by atoms with Crippen LogP contribution in [0.5, 0.6) is 11.5 Å². The molecule has 0 atom stereocenters. The van der Waals surface area contributed by atoms with Gasteiger partial charge < -0.3 is 23.7 Å². The third-order valence-corrected chi connectivity index (χ3v) is 5.92. The van der Waals surface area contributed by atoms with Crippen molar-refractivity contribution in [3.05, 3.63) is 47.7 Å². The van der Waals surface area contributed by atoms with Gasteiger partial charge in [0.2, 0.25) is 0 Å². The van der Waals surface area contributed by atoms with E-state index in [0.717, 1.165) is 75.6 Å². The summed E-state index contributed by atoms with van der Waals surface area (Å²) in [4.78, 5) is 2.35. The third-order valence-electron chi connectivity index (χ3n) is 5.92. The summed E-state index contributed by atoms with van der Waals surface area (Å²) in [6, 6.07) is 7.89. The molecule has 0 heterocycles. The fourth-order valence-corrected chi connectivity index (χ4v) is 3.91. The zero-order chi connectivity index (χ0) is 25.7. The molecule has 2 rings (SSSR count). The third kappa shape index (κ3) is 12.8. The highest BCUT2D eigenvalue weighted by atomic mass is 16.5. The molecule has 0 bridgehead atoms. The van der Waals surface area contributed by atoms with Crippen LogP contribution >= 0.6 is 0 Å². The summed E-state index contributed by atoms with van der Waals surface area (Å²) in [5.41, 5.74) is 1.37. The molecule has 0 amide bonds. The minimum Gasteiger partial charge on any atom is -0.492 e. The number of rotatable bonds is 22. The molecule has 1 aromatic rings. The Morgan fingerprint density at radius 3 is 1.94 bits per heavy atom. The van der Waals surface area contributed by atoms with E-state index >= 15 is 0 Å². The lowest BCUT2D eigenvalue weighted by atomic mass is 10.00. The van der Waals surface area contributed by atoms with Gasteiger partial charge in [-0.05, 0) is 62.3 Å². The monoisotopic (exact) mass is 503 g/mol. The maximum Gasteiger partial charge on any atom is 0.161 e. The van der Waals surface area contributed by atoms with Crippen LogP contribution in [0.2, 0.25) is 0 Å². The molecule has 0 aliphatic heterocycles. The summed E-state index contributed by atoms with van der Waals surface area (Å²) in [6.45, 7) is 13.5. The first-order valence-corrected chi connectivity index (χ1v) is 14.0. The zero-order valence-electron chi connectivity index (χ0n) is 23.0. The second kappa shape index (κ2) is 20.1. The van der Waals surface area contributed by atoms with Crippen LogP contribution in [0.4, 0.5) is 0 Å². The largest absolute Gasteiger partial charge is 0.492 e. The van der Waals surface area contributed by atoms with Gasteiger partial charge in [0.05, 0.1) is 26.4 Å². The molecule has 0 saturated carbocycles. The van der Waals surface area contributed by atoms with Crippen LogP contribution in [0.1, 0.15) is 65.7 Å². The van der Waals surface area contributed by atoms with Crippen LogP contribution in [0.15, 0.2) is 47.7 Å². The minimum absolute atomic E-state index is 0.580. The Morgan fingerprint density at radius 2 is 1.25 bits per heavy atom. The number of unbranched alkanes of at least 4 members (excludes halogenated alkanes) is 1. The highest BCUT2D eigenvalue weighted by Crippen LogP contribution is 2.27. The van der Waals surface area contributed by atoms with E-state index in [4.69, 9.17) is 23.7 Å². The van der Waals surface area contributed by atoms with E-state index in [1.807, 2.05) is 24.3 Å². The van der Waals surface area contributed by atoms with Crippen molar-refractivity contribution in [2.45, 2.75) is 65.7 Å². The van der Waals surface area contributed by atoms with Crippen molar-refractivity contribution in [2.24, 2.45) is 0 Å². The second-order valence-corrected chi connectivity index (χ2v) is 9.04. The first-order chi connectivity index (χ1) is 17.8. The fraction of sp³-hybridized carbons (Fsp3) is 0.667. The van der Waals surface area contributed by atoms with E-state index in [9.17, 15) is 0 Å². The molecule has 36 heavy (non-hydrogen) atoms. The normalized spacial score (nSPS) is 13.4. The molecule has 0 radical (unpaired) electrons. The summed E-state index contributed by atoms with van der Waals surface area (Å²) in [5, 5.41) is 0. The van der Waals surface area contributed by atoms with Crippen LogP contribution in [-0.4, -0.2) is 70.8 Å². The van der Waals surface area contributed by atoms with Gasteiger partial charge in [-0.15, -0.1) is 0 Å². The quantitative estimate of drug-likeness (QED) is 0.170. The smallest absolute Gasteiger partial charge is 0.161 e. The Hall–Kier alpha value is -2.02. The van der Waals surface area contributed by atoms with Crippen molar-refractivity contribution in [1.82, 2.24) is 4.90 Å². The summed E-state index contributed by atoms with van der Waals surface area (Å²) < 4.78 is 29.5. The van der Waals surface area contributed by atoms with Gasteiger partial charge in [-0.25, -0.2) is 0 Å². The molecular formula is C30H49NO5. The number of benzene rings is 1. The molecule has 0 saturated heterocycles. The molecule has 6 heteroatoms. The van der Waals surface area contributed by atoms with Gasteiger partial charge in [0.25, 0.3) is 0 Å². The zero-order valence-corrected chi connectivity index (χ0v) is 23.0. The number of hydrogen-bond acceptors (Lipinski definition) is 6. The lowest BCUT2D eigenvalue weighted by Crippen LogP contribution is -2.34. The SMILES string of the molecule is CCCCC1=CCCC=C1OCCN(CCOCCOCCC)CCOc1ccccc1OCCC. The summed E-state index contributed by atoms with van der Waals surface area (Å²) in [5.74, 6) is 2.68. The first kappa shape index (κ1) is 30.2. The standard InChI is InChI=1S/C30H49NO5/c1-4-7-12-27-13-8-9-14-28(27)35-23-18-31(17-22-33-26-25-32-20-5-2)19-24-36-30-16-11-10-15-29(30)34-21-6-3/h10-11,13-16H,4-9,12,17-26H2,1-3H3. The molecule has 0 aromatic heterocycles. The summed E-state index contributed by atoms with van der Waals surface area (Å²) >= 11 is 0. The Kier molecular flexibility index (Phi) is 16.9. The Balaban J connectivity index is 1.82. The number of hydrogen-bond donors (Lipinski definition) is 0. The van der Waals surface area contributed by atoms with Crippen molar-refractivity contribution < 1.29 is 23.7 Å².